The Morgan fingerprint density at radius 2 is 2.29 bits per heavy atom. The van der Waals surface area contributed by atoms with Crippen molar-refractivity contribution in [1.82, 2.24) is 20.2 Å². The lowest BCUT2D eigenvalue weighted by Gasteiger charge is -2.13. The molecule has 0 saturated heterocycles. The Hall–Kier alpha value is -1.01. The minimum atomic E-state index is -0.0263. The highest BCUT2D eigenvalue weighted by atomic mass is 16.5. The molecule has 0 amide bonds. The van der Waals surface area contributed by atoms with Gasteiger partial charge in [0.2, 0.25) is 0 Å². The fraction of sp³-hybridized carbons (Fsp3) is 0.875. The first kappa shape index (κ1) is 11.1. The third-order valence-electron chi connectivity index (χ3n) is 1.93. The summed E-state index contributed by atoms with van der Waals surface area (Å²) in [6.07, 6.45) is 0.834. The number of tetrazole rings is 1. The molecule has 1 aromatic heterocycles. The zero-order valence-electron chi connectivity index (χ0n) is 8.68. The van der Waals surface area contributed by atoms with E-state index in [4.69, 9.17) is 10.5 Å². The summed E-state index contributed by atoms with van der Waals surface area (Å²) >= 11 is 0. The van der Waals surface area contributed by atoms with Crippen LogP contribution in [0.1, 0.15) is 32.2 Å². The number of hydrogen-bond acceptors (Lipinski definition) is 5. The summed E-state index contributed by atoms with van der Waals surface area (Å²) in [5.74, 6) is 0.764. The fourth-order valence-corrected chi connectivity index (χ4v) is 1.30. The average molecular weight is 199 g/mol. The molecule has 1 unspecified atom stereocenters. The van der Waals surface area contributed by atoms with E-state index < -0.39 is 0 Å². The van der Waals surface area contributed by atoms with Crippen LogP contribution in [-0.2, 0) is 11.3 Å². The van der Waals surface area contributed by atoms with Crippen molar-refractivity contribution in [1.29, 1.82) is 0 Å². The normalized spacial score (nSPS) is 13.1. The predicted molar refractivity (Wildman–Crippen MR) is 51.5 cm³/mol. The summed E-state index contributed by atoms with van der Waals surface area (Å²) in [5, 5.41) is 11.4. The Kier molecular flexibility index (Phi) is 4.48. The van der Waals surface area contributed by atoms with Crippen LogP contribution in [-0.4, -0.2) is 33.4 Å². The molecule has 1 atom stereocenters. The Labute approximate surface area is 83.4 Å². The van der Waals surface area contributed by atoms with Gasteiger partial charge in [-0.3, -0.25) is 0 Å². The second-order valence-corrected chi connectivity index (χ2v) is 2.90. The Bertz CT molecular complexity index is 262. The van der Waals surface area contributed by atoms with Crippen molar-refractivity contribution < 1.29 is 4.74 Å². The lowest BCUT2D eigenvalue weighted by atomic mass is 10.2. The van der Waals surface area contributed by atoms with E-state index in [-0.39, 0.29) is 6.10 Å². The molecule has 1 rings (SSSR count). The van der Waals surface area contributed by atoms with E-state index in [1.165, 1.54) is 0 Å². The van der Waals surface area contributed by atoms with Gasteiger partial charge >= 0.3 is 0 Å². The van der Waals surface area contributed by atoms with Gasteiger partial charge in [0, 0.05) is 13.2 Å². The molecule has 0 aliphatic heterocycles. The monoisotopic (exact) mass is 199 g/mol. The molecule has 0 spiro atoms. The van der Waals surface area contributed by atoms with Crippen LogP contribution in [0.2, 0.25) is 0 Å². The first-order valence-corrected chi connectivity index (χ1v) is 4.91. The van der Waals surface area contributed by atoms with Crippen molar-refractivity contribution in [2.75, 3.05) is 13.2 Å². The predicted octanol–water partition coefficient (Wildman–Crippen LogP) is 0.119. The lowest BCUT2D eigenvalue weighted by molar-refractivity contribution is 0.0500. The Balaban J connectivity index is 2.74. The van der Waals surface area contributed by atoms with Crippen LogP contribution in [0.5, 0.6) is 0 Å². The van der Waals surface area contributed by atoms with Crippen LogP contribution in [0.4, 0.5) is 0 Å². The van der Waals surface area contributed by atoms with E-state index in [1.807, 2.05) is 13.8 Å². The van der Waals surface area contributed by atoms with Crippen LogP contribution in [0.15, 0.2) is 0 Å². The lowest BCUT2D eigenvalue weighted by Crippen LogP contribution is -2.17. The van der Waals surface area contributed by atoms with Gasteiger partial charge in [-0.1, -0.05) is 6.92 Å². The molecular weight excluding hydrogens is 182 g/mol. The van der Waals surface area contributed by atoms with Gasteiger partial charge in [-0.05, 0) is 23.8 Å². The Morgan fingerprint density at radius 3 is 2.86 bits per heavy atom. The quantitative estimate of drug-likeness (QED) is 0.704. The van der Waals surface area contributed by atoms with Crippen LogP contribution in [0.3, 0.4) is 0 Å². The fourth-order valence-electron chi connectivity index (χ4n) is 1.30. The molecule has 80 valence electrons. The molecule has 0 bridgehead atoms. The first-order chi connectivity index (χ1) is 6.83. The van der Waals surface area contributed by atoms with E-state index in [9.17, 15) is 0 Å². The molecule has 0 radical (unpaired) electrons. The van der Waals surface area contributed by atoms with Crippen LogP contribution in [0, 0.1) is 0 Å². The third kappa shape index (κ3) is 2.49. The molecule has 1 heterocycles. The molecule has 6 heteroatoms. The minimum Gasteiger partial charge on any atom is -0.370 e. The van der Waals surface area contributed by atoms with Crippen molar-refractivity contribution in [2.24, 2.45) is 5.73 Å². The van der Waals surface area contributed by atoms with E-state index in [0.29, 0.717) is 19.7 Å². The van der Waals surface area contributed by atoms with Crippen molar-refractivity contribution in [3.63, 3.8) is 0 Å². The van der Waals surface area contributed by atoms with Gasteiger partial charge in [0.05, 0.1) is 6.54 Å². The maximum absolute atomic E-state index is 5.52. The van der Waals surface area contributed by atoms with Crippen LogP contribution < -0.4 is 5.73 Å². The van der Waals surface area contributed by atoms with E-state index in [2.05, 4.69) is 15.5 Å². The smallest absolute Gasteiger partial charge is 0.180 e. The van der Waals surface area contributed by atoms with Gasteiger partial charge < -0.3 is 10.5 Å². The molecule has 1 aromatic rings. The SMILES string of the molecule is CCOC(CC)c1nnnn1CCN. The van der Waals surface area contributed by atoms with E-state index in [0.717, 1.165) is 12.2 Å². The van der Waals surface area contributed by atoms with Gasteiger partial charge in [-0.15, -0.1) is 5.10 Å². The standard InChI is InChI=1S/C8H17N5O/c1-3-7(14-4-2)8-10-11-12-13(8)6-5-9/h7H,3-6,9H2,1-2H3. The number of rotatable bonds is 6. The summed E-state index contributed by atoms with van der Waals surface area (Å²) in [5.41, 5.74) is 5.45. The topological polar surface area (TPSA) is 78.9 Å². The van der Waals surface area contributed by atoms with Gasteiger partial charge in [-0.2, -0.15) is 0 Å². The number of nitrogens with zero attached hydrogens (tertiary/aromatic N) is 4. The molecule has 0 saturated carbocycles. The molecule has 0 fully saturated rings. The van der Waals surface area contributed by atoms with Gasteiger partial charge in [0.1, 0.15) is 6.10 Å². The molecule has 0 aliphatic carbocycles. The largest absolute Gasteiger partial charge is 0.370 e. The van der Waals surface area contributed by atoms with Gasteiger partial charge in [0.25, 0.3) is 0 Å². The first-order valence-electron chi connectivity index (χ1n) is 4.91. The molecule has 14 heavy (non-hydrogen) atoms. The molecular formula is C8H17N5O. The second kappa shape index (κ2) is 5.66. The maximum atomic E-state index is 5.52. The number of ether oxygens (including phenoxy) is 1. The summed E-state index contributed by atoms with van der Waals surface area (Å²) in [6, 6.07) is 0. The van der Waals surface area contributed by atoms with Crippen molar-refractivity contribution >= 4 is 0 Å². The summed E-state index contributed by atoms with van der Waals surface area (Å²) < 4.78 is 7.22. The molecule has 0 aliphatic rings. The zero-order chi connectivity index (χ0) is 10.4. The summed E-state index contributed by atoms with van der Waals surface area (Å²) in [6.45, 7) is 5.82. The number of aromatic nitrogens is 4. The van der Waals surface area contributed by atoms with Gasteiger partial charge in [-0.25, -0.2) is 4.68 Å². The van der Waals surface area contributed by atoms with Crippen molar-refractivity contribution in [3.05, 3.63) is 5.82 Å². The van der Waals surface area contributed by atoms with Crippen molar-refractivity contribution in [3.8, 4) is 0 Å². The highest BCUT2D eigenvalue weighted by Crippen LogP contribution is 2.17. The number of hydrogen-bond donors (Lipinski definition) is 1. The van der Waals surface area contributed by atoms with Crippen LogP contribution in [0.25, 0.3) is 0 Å². The van der Waals surface area contributed by atoms with Crippen LogP contribution >= 0.6 is 0 Å². The summed E-state index contributed by atoms with van der Waals surface area (Å²) in [4.78, 5) is 0. The molecule has 2 N–H and O–H groups in total. The van der Waals surface area contributed by atoms with Gasteiger partial charge in [0.15, 0.2) is 5.82 Å². The molecule has 0 aromatic carbocycles. The highest BCUT2D eigenvalue weighted by Gasteiger charge is 2.16. The van der Waals surface area contributed by atoms with E-state index in [1.54, 1.807) is 4.68 Å². The minimum absolute atomic E-state index is 0.0263. The second-order valence-electron chi connectivity index (χ2n) is 2.90. The van der Waals surface area contributed by atoms with E-state index >= 15 is 0 Å². The number of nitrogens with two attached hydrogens (primary N) is 1. The Morgan fingerprint density at radius 1 is 1.50 bits per heavy atom. The third-order valence-corrected chi connectivity index (χ3v) is 1.93. The zero-order valence-corrected chi connectivity index (χ0v) is 8.68. The molecule has 6 nitrogen and oxygen atoms in total. The van der Waals surface area contributed by atoms with Crippen molar-refractivity contribution in [2.45, 2.75) is 32.9 Å². The highest BCUT2D eigenvalue weighted by molar-refractivity contribution is 4.87. The summed E-state index contributed by atoms with van der Waals surface area (Å²) in [7, 11) is 0. The maximum Gasteiger partial charge on any atom is 0.180 e. The average Bonchev–Trinajstić information content (AvgIpc) is 2.63.